The van der Waals surface area contributed by atoms with Crippen molar-refractivity contribution in [2.24, 2.45) is 5.92 Å². The maximum absolute atomic E-state index is 13.5. The highest BCUT2D eigenvalue weighted by molar-refractivity contribution is 7.10. The summed E-state index contributed by atoms with van der Waals surface area (Å²) >= 11 is 1.68. The number of carbonyl (C=O) groups is 2. The van der Waals surface area contributed by atoms with Crippen LogP contribution in [0, 0.1) is 11.7 Å². The van der Waals surface area contributed by atoms with E-state index in [2.05, 4.69) is 0 Å². The molecule has 1 aliphatic heterocycles. The highest BCUT2D eigenvalue weighted by atomic mass is 32.1. The lowest BCUT2D eigenvalue weighted by molar-refractivity contribution is -0.143. The first-order valence-electron chi connectivity index (χ1n) is 10.4. The highest BCUT2D eigenvalue weighted by Crippen LogP contribution is 2.34. The summed E-state index contributed by atoms with van der Waals surface area (Å²) in [7, 11) is 0. The molecule has 2 heterocycles. The average Bonchev–Trinajstić information content (AvgIpc) is 3.19. The first-order valence-corrected chi connectivity index (χ1v) is 11.3. The van der Waals surface area contributed by atoms with Crippen LogP contribution in [-0.4, -0.2) is 47.9 Å². The molecule has 3 rings (SSSR count). The van der Waals surface area contributed by atoms with Crippen LogP contribution >= 0.6 is 11.3 Å². The van der Waals surface area contributed by atoms with Crippen molar-refractivity contribution in [1.82, 2.24) is 9.80 Å². The minimum Gasteiger partial charge on any atom is -0.491 e. The van der Waals surface area contributed by atoms with E-state index in [0.29, 0.717) is 25.3 Å². The van der Waals surface area contributed by atoms with E-state index in [0.717, 1.165) is 12.0 Å². The fourth-order valence-electron chi connectivity index (χ4n) is 3.78. The number of nitrogens with zero attached hydrogens (tertiary/aromatic N) is 2. The molecular weight excluding hydrogens is 403 g/mol. The van der Waals surface area contributed by atoms with Crippen LogP contribution in [0.15, 0.2) is 35.7 Å². The number of carbonyl (C=O) groups excluding carboxylic acids is 2. The minimum atomic E-state index is -0.359. The lowest BCUT2D eigenvalue weighted by atomic mass is 10.00. The molecule has 7 heteroatoms. The third-order valence-corrected chi connectivity index (χ3v) is 6.18. The standard InChI is InChI=1S/C23H29FN2O3S/c1-4-22(27)25(13-16(2)3)14-23(28)26-10-8-21-19(9-11-30-21)20(26)15-29-18-7-5-6-17(24)12-18/h5-7,9,11-12,16,20H,4,8,10,13-15H2,1-3H3. The summed E-state index contributed by atoms with van der Waals surface area (Å²) in [6.45, 7) is 7.34. The van der Waals surface area contributed by atoms with E-state index in [1.165, 1.54) is 17.0 Å². The van der Waals surface area contributed by atoms with Crippen LogP contribution in [-0.2, 0) is 16.0 Å². The molecule has 1 atom stereocenters. The molecule has 0 spiro atoms. The Morgan fingerprint density at radius 1 is 1.33 bits per heavy atom. The first kappa shape index (κ1) is 22.3. The molecule has 0 aliphatic carbocycles. The van der Waals surface area contributed by atoms with Gasteiger partial charge in [-0.1, -0.05) is 26.8 Å². The van der Waals surface area contributed by atoms with E-state index < -0.39 is 0 Å². The van der Waals surface area contributed by atoms with Gasteiger partial charge in [-0.05, 0) is 41.5 Å². The third kappa shape index (κ3) is 5.39. The molecule has 0 N–H and O–H groups in total. The van der Waals surface area contributed by atoms with Gasteiger partial charge in [0.1, 0.15) is 18.2 Å². The van der Waals surface area contributed by atoms with E-state index in [9.17, 15) is 14.0 Å². The molecule has 0 bridgehead atoms. The predicted octanol–water partition coefficient (Wildman–Crippen LogP) is 4.29. The second-order valence-corrected chi connectivity index (χ2v) is 8.94. The van der Waals surface area contributed by atoms with Crippen LogP contribution in [0.4, 0.5) is 4.39 Å². The second-order valence-electron chi connectivity index (χ2n) is 7.94. The number of thiophene rings is 1. The zero-order valence-electron chi connectivity index (χ0n) is 17.8. The first-order chi connectivity index (χ1) is 14.4. The van der Waals surface area contributed by atoms with Crippen molar-refractivity contribution >= 4 is 23.2 Å². The Bertz CT molecular complexity index is 883. The number of amides is 2. The summed E-state index contributed by atoms with van der Waals surface area (Å²) in [6.07, 6.45) is 1.17. The molecule has 5 nitrogen and oxygen atoms in total. The van der Waals surface area contributed by atoms with Crippen LogP contribution in [0.3, 0.4) is 0 Å². The van der Waals surface area contributed by atoms with Gasteiger partial charge in [-0.25, -0.2) is 4.39 Å². The molecule has 30 heavy (non-hydrogen) atoms. The minimum absolute atomic E-state index is 0.0159. The molecule has 1 unspecified atom stereocenters. The van der Waals surface area contributed by atoms with E-state index >= 15 is 0 Å². The van der Waals surface area contributed by atoms with Crippen molar-refractivity contribution in [2.75, 3.05) is 26.2 Å². The molecule has 1 aromatic heterocycles. The van der Waals surface area contributed by atoms with Gasteiger partial charge in [0.05, 0.1) is 12.6 Å². The van der Waals surface area contributed by atoms with Crippen LogP contribution in [0.2, 0.25) is 0 Å². The Hall–Kier alpha value is -2.41. The van der Waals surface area contributed by atoms with Gasteiger partial charge in [-0.2, -0.15) is 0 Å². The molecule has 2 amide bonds. The predicted molar refractivity (Wildman–Crippen MR) is 116 cm³/mol. The molecular formula is C23H29FN2O3S. The summed E-state index contributed by atoms with van der Waals surface area (Å²) in [5, 5.41) is 2.03. The Kier molecular flexibility index (Phi) is 7.48. The van der Waals surface area contributed by atoms with Crippen molar-refractivity contribution in [3.63, 3.8) is 0 Å². The van der Waals surface area contributed by atoms with E-state index in [1.54, 1.807) is 28.4 Å². The largest absolute Gasteiger partial charge is 0.491 e. The zero-order chi connectivity index (χ0) is 21.7. The monoisotopic (exact) mass is 432 g/mol. The SMILES string of the molecule is CCC(=O)N(CC(=O)N1CCc2sccc2C1COc1cccc(F)c1)CC(C)C. The lowest BCUT2D eigenvalue weighted by Crippen LogP contribution is -2.48. The molecule has 0 radical (unpaired) electrons. The molecule has 2 aromatic rings. The van der Waals surface area contributed by atoms with Gasteiger partial charge in [-0.3, -0.25) is 9.59 Å². The van der Waals surface area contributed by atoms with E-state index in [-0.39, 0.29) is 42.7 Å². The topological polar surface area (TPSA) is 49.9 Å². The van der Waals surface area contributed by atoms with Gasteiger partial charge >= 0.3 is 0 Å². The number of rotatable bonds is 8. The Morgan fingerprint density at radius 3 is 2.83 bits per heavy atom. The highest BCUT2D eigenvalue weighted by Gasteiger charge is 2.33. The Balaban J connectivity index is 1.77. The quantitative estimate of drug-likeness (QED) is 0.625. The van der Waals surface area contributed by atoms with Crippen molar-refractivity contribution in [3.05, 3.63) is 52.0 Å². The fourth-order valence-corrected chi connectivity index (χ4v) is 4.71. The summed E-state index contributed by atoms with van der Waals surface area (Å²) < 4.78 is 19.4. The number of hydrogen-bond donors (Lipinski definition) is 0. The number of ether oxygens (including phenoxy) is 1. The zero-order valence-corrected chi connectivity index (χ0v) is 18.6. The number of fused-ring (bicyclic) bond motifs is 1. The van der Waals surface area contributed by atoms with Gasteiger partial charge in [0.25, 0.3) is 0 Å². The van der Waals surface area contributed by atoms with Gasteiger partial charge < -0.3 is 14.5 Å². The molecule has 1 aromatic carbocycles. The van der Waals surface area contributed by atoms with Crippen molar-refractivity contribution in [3.8, 4) is 5.75 Å². The number of hydrogen-bond acceptors (Lipinski definition) is 4. The summed E-state index contributed by atoms with van der Waals surface area (Å²) in [6, 6.07) is 7.79. The van der Waals surface area contributed by atoms with Crippen molar-refractivity contribution < 1.29 is 18.7 Å². The Labute approximate surface area is 181 Å². The van der Waals surface area contributed by atoms with Gasteiger partial charge in [0, 0.05) is 30.5 Å². The lowest BCUT2D eigenvalue weighted by Gasteiger charge is -2.37. The van der Waals surface area contributed by atoms with Crippen LogP contribution < -0.4 is 4.74 Å². The maximum atomic E-state index is 13.5. The fraction of sp³-hybridized carbons (Fsp3) is 0.478. The molecule has 0 fully saturated rings. The molecule has 0 saturated heterocycles. The third-order valence-electron chi connectivity index (χ3n) is 5.19. The normalized spacial score (nSPS) is 15.8. The average molecular weight is 433 g/mol. The molecule has 0 saturated carbocycles. The van der Waals surface area contributed by atoms with Crippen LogP contribution in [0.5, 0.6) is 5.75 Å². The van der Waals surface area contributed by atoms with Crippen molar-refractivity contribution in [2.45, 2.75) is 39.7 Å². The van der Waals surface area contributed by atoms with Gasteiger partial charge in [-0.15, -0.1) is 11.3 Å². The van der Waals surface area contributed by atoms with E-state index in [1.807, 2.05) is 37.1 Å². The summed E-state index contributed by atoms with van der Waals surface area (Å²) in [4.78, 5) is 30.3. The number of benzene rings is 1. The van der Waals surface area contributed by atoms with Crippen LogP contribution in [0.1, 0.15) is 43.7 Å². The van der Waals surface area contributed by atoms with Crippen molar-refractivity contribution in [1.29, 1.82) is 0 Å². The molecule has 1 aliphatic rings. The summed E-state index contributed by atoms with van der Waals surface area (Å²) in [5.41, 5.74) is 1.08. The molecule has 162 valence electrons. The second kappa shape index (κ2) is 10.1. The van der Waals surface area contributed by atoms with Gasteiger partial charge in [0.2, 0.25) is 11.8 Å². The maximum Gasteiger partial charge on any atom is 0.242 e. The number of halogens is 1. The Morgan fingerprint density at radius 2 is 2.13 bits per heavy atom. The van der Waals surface area contributed by atoms with Gasteiger partial charge in [0.15, 0.2) is 0 Å². The summed E-state index contributed by atoms with van der Waals surface area (Å²) in [5.74, 6) is 0.264. The smallest absolute Gasteiger partial charge is 0.242 e. The van der Waals surface area contributed by atoms with Crippen LogP contribution in [0.25, 0.3) is 0 Å². The van der Waals surface area contributed by atoms with E-state index in [4.69, 9.17) is 4.74 Å².